The van der Waals surface area contributed by atoms with Gasteiger partial charge in [-0.3, -0.25) is 14.6 Å². The first-order valence-electron chi connectivity index (χ1n) is 10.7. The van der Waals surface area contributed by atoms with Crippen molar-refractivity contribution in [3.8, 4) is 11.5 Å². The van der Waals surface area contributed by atoms with Crippen LogP contribution in [-0.4, -0.2) is 67.9 Å². The Morgan fingerprint density at radius 2 is 2.00 bits per heavy atom. The molecule has 3 heterocycles. The standard InChI is InChI=1S/C23H24FN3O4S/c24-16-6-7-17-21(14-16)32-23(25-17)27(9-3-8-26-10-12-29-13-11-26)22(28)20-15-30-18-4-1-2-5-19(18)31-20/h1-2,4-7,14,20H,3,8-13,15H2. The van der Waals surface area contributed by atoms with Crippen molar-refractivity contribution in [1.29, 1.82) is 0 Å². The minimum atomic E-state index is -0.767. The van der Waals surface area contributed by atoms with Gasteiger partial charge >= 0.3 is 0 Å². The zero-order valence-electron chi connectivity index (χ0n) is 17.5. The number of aromatic nitrogens is 1. The number of carbonyl (C=O) groups is 1. The third-order valence-corrected chi connectivity index (χ3v) is 6.62. The summed E-state index contributed by atoms with van der Waals surface area (Å²) in [5, 5.41) is 0.542. The quantitative estimate of drug-likeness (QED) is 0.566. The Morgan fingerprint density at radius 1 is 1.19 bits per heavy atom. The zero-order chi connectivity index (χ0) is 21.9. The summed E-state index contributed by atoms with van der Waals surface area (Å²) in [5.41, 5.74) is 0.670. The molecule has 0 saturated carbocycles. The molecule has 7 nitrogen and oxygen atoms in total. The van der Waals surface area contributed by atoms with Crippen LogP contribution < -0.4 is 14.4 Å². The first kappa shape index (κ1) is 21.1. The van der Waals surface area contributed by atoms with Gasteiger partial charge in [0.1, 0.15) is 12.4 Å². The Kier molecular flexibility index (Phi) is 6.20. The maximum Gasteiger partial charge on any atom is 0.273 e. The van der Waals surface area contributed by atoms with Crippen LogP contribution in [0.5, 0.6) is 11.5 Å². The molecule has 0 aliphatic carbocycles. The van der Waals surface area contributed by atoms with Gasteiger partial charge in [-0.25, -0.2) is 9.37 Å². The highest BCUT2D eigenvalue weighted by molar-refractivity contribution is 7.22. The van der Waals surface area contributed by atoms with E-state index in [1.807, 2.05) is 18.2 Å². The van der Waals surface area contributed by atoms with Gasteiger partial charge in [-0.15, -0.1) is 0 Å². The van der Waals surface area contributed by atoms with Gasteiger partial charge in [0.25, 0.3) is 5.91 Å². The van der Waals surface area contributed by atoms with Gasteiger partial charge in [0.05, 0.1) is 23.4 Å². The molecule has 0 bridgehead atoms. The Labute approximate surface area is 189 Å². The molecule has 1 amide bonds. The van der Waals surface area contributed by atoms with Crippen LogP contribution in [0.4, 0.5) is 9.52 Å². The van der Waals surface area contributed by atoms with E-state index >= 15 is 0 Å². The highest BCUT2D eigenvalue weighted by Gasteiger charge is 2.33. The zero-order valence-corrected chi connectivity index (χ0v) is 18.4. The predicted octanol–water partition coefficient (Wildman–Crippen LogP) is 3.33. The average Bonchev–Trinajstić information content (AvgIpc) is 3.24. The van der Waals surface area contributed by atoms with Crippen molar-refractivity contribution in [2.45, 2.75) is 12.5 Å². The predicted molar refractivity (Wildman–Crippen MR) is 120 cm³/mol. The van der Waals surface area contributed by atoms with Crippen LogP contribution in [0.15, 0.2) is 42.5 Å². The van der Waals surface area contributed by atoms with Crippen LogP contribution >= 0.6 is 11.3 Å². The van der Waals surface area contributed by atoms with Gasteiger partial charge in [0.2, 0.25) is 6.10 Å². The molecule has 1 saturated heterocycles. The van der Waals surface area contributed by atoms with Crippen molar-refractivity contribution in [3.05, 3.63) is 48.3 Å². The summed E-state index contributed by atoms with van der Waals surface area (Å²) in [5.74, 6) is 0.655. The molecule has 3 aromatic rings. The van der Waals surface area contributed by atoms with Crippen molar-refractivity contribution in [2.24, 2.45) is 0 Å². The summed E-state index contributed by atoms with van der Waals surface area (Å²) in [6.45, 7) is 4.74. The molecule has 1 aromatic heterocycles. The number of nitrogens with zero attached hydrogens (tertiary/aromatic N) is 3. The normalized spacial score (nSPS) is 18.6. The SMILES string of the molecule is O=C(C1COc2ccccc2O1)N(CCCN1CCOCC1)c1nc2ccc(F)cc2s1. The fraction of sp³-hybridized carbons (Fsp3) is 0.391. The molecule has 1 fully saturated rings. The van der Waals surface area contributed by atoms with Crippen LogP contribution in [0.1, 0.15) is 6.42 Å². The van der Waals surface area contributed by atoms with Gasteiger partial charge in [-0.2, -0.15) is 0 Å². The second-order valence-electron chi connectivity index (χ2n) is 7.77. The summed E-state index contributed by atoms with van der Waals surface area (Å²) in [7, 11) is 0. The molecule has 2 aromatic carbocycles. The van der Waals surface area contributed by atoms with Crippen molar-refractivity contribution in [1.82, 2.24) is 9.88 Å². The van der Waals surface area contributed by atoms with Gasteiger partial charge in [-0.1, -0.05) is 23.5 Å². The smallest absolute Gasteiger partial charge is 0.273 e. The first-order chi connectivity index (χ1) is 15.7. The maximum atomic E-state index is 13.7. The van der Waals surface area contributed by atoms with Gasteiger partial charge in [0, 0.05) is 26.2 Å². The molecule has 168 valence electrons. The van der Waals surface area contributed by atoms with Crippen LogP contribution in [0.3, 0.4) is 0 Å². The summed E-state index contributed by atoms with van der Waals surface area (Å²) < 4.78 is 31.5. The van der Waals surface area contributed by atoms with E-state index in [1.54, 1.807) is 17.0 Å². The Balaban J connectivity index is 1.36. The molecule has 5 rings (SSSR count). The number of morpholine rings is 1. The van der Waals surface area contributed by atoms with E-state index in [2.05, 4.69) is 9.88 Å². The third-order valence-electron chi connectivity index (χ3n) is 5.58. The number of carbonyl (C=O) groups excluding carboxylic acids is 1. The molecule has 1 unspecified atom stereocenters. The topological polar surface area (TPSA) is 64.1 Å². The van der Waals surface area contributed by atoms with E-state index in [0.29, 0.717) is 33.4 Å². The van der Waals surface area contributed by atoms with Crippen molar-refractivity contribution in [2.75, 3.05) is 50.9 Å². The van der Waals surface area contributed by atoms with E-state index in [1.165, 1.54) is 23.5 Å². The van der Waals surface area contributed by atoms with Crippen LogP contribution in [0.25, 0.3) is 10.2 Å². The number of hydrogen-bond acceptors (Lipinski definition) is 7. The maximum absolute atomic E-state index is 13.7. The number of halogens is 1. The highest BCUT2D eigenvalue weighted by atomic mass is 32.1. The van der Waals surface area contributed by atoms with E-state index in [-0.39, 0.29) is 18.3 Å². The molecular formula is C23H24FN3O4S. The number of thiazole rings is 1. The number of para-hydroxylation sites is 2. The second kappa shape index (κ2) is 9.40. The molecule has 1 atom stereocenters. The Morgan fingerprint density at radius 3 is 2.84 bits per heavy atom. The number of hydrogen-bond donors (Lipinski definition) is 0. The lowest BCUT2D eigenvalue weighted by Crippen LogP contribution is -2.47. The minimum absolute atomic E-state index is 0.134. The molecule has 0 radical (unpaired) electrons. The van der Waals surface area contributed by atoms with Crippen LogP contribution in [0, 0.1) is 5.82 Å². The molecule has 2 aliphatic rings. The molecule has 2 aliphatic heterocycles. The van der Waals surface area contributed by atoms with Crippen molar-refractivity contribution < 1.29 is 23.4 Å². The van der Waals surface area contributed by atoms with Gasteiger partial charge in [0.15, 0.2) is 16.6 Å². The Hall–Kier alpha value is -2.75. The van der Waals surface area contributed by atoms with E-state index < -0.39 is 6.10 Å². The lowest BCUT2D eigenvalue weighted by atomic mass is 10.2. The molecule has 9 heteroatoms. The molecule has 32 heavy (non-hydrogen) atoms. The average molecular weight is 458 g/mol. The monoisotopic (exact) mass is 457 g/mol. The van der Waals surface area contributed by atoms with Crippen molar-refractivity contribution in [3.63, 3.8) is 0 Å². The second-order valence-corrected chi connectivity index (χ2v) is 8.78. The molecule has 0 N–H and O–H groups in total. The molecule has 0 spiro atoms. The summed E-state index contributed by atoms with van der Waals surface area (Å²) >= 11 is 1.31. The summed E-state index contributed by atoms with van der Waals surface area (Å²) in [6.07, 6.45) is 0.0113. The van der Waals surface area contributed by atoms with Gasteiger partial charge in [-0.05, 0) is 36.8 Å². The van der Waals surface area contributed by atoms with Crippen LogP contribution in [-0.2, 0) is 9.53 Å². The first-order valence-corrected chi connectivity index (χ1v) is 11.5. The van der Waals surface area contributed by atoms with Crippen molar-refractivity contribution >= 4 is 32.6 Å². The van der Waals surface area contributed by atoms with E-state index in [4.69, 9.17) is 14.2 Å². The number of benzene rings is 2. The number of rotatable bonds is 6. The minimum Gasteiger partial charge on any atom is -0.485 e. The largest absolute Gasteiger partial charge is 0.485 e. The fourth-order valence-corrected chi connectivity index (χ4v) is 4.92. The Bertz CT molecular complexity index is 1100. The molecular weight excluding hydrogens is 433 g/mol. The van der Waals surface area contributed by atoms with Gasteiger partial charge < -0.3 is 14.2 Å². The van der Waals surface area contributed by atoms with Crippen LogP contribution in [0.2, 0.25) is 0 Å². The highest BCUT2D eigenvalue weighted by Crippen LogP contribution is 2.33. The van der Waals surface area contributed by atoms with E-state index in [9.17, 15) is 9.18 Å². The lowest BCUT2D eigenvalue weighted by Gasteiger charge is -2.31. The number of amides is 1. The third kappa shape index (κ3) is 4.55. The number of ether oxygens (including phenoxy) is 3. The summed E-state index contributed by atoms with van der Waals surface area (Å²) in [4.78, 5) is 22.1. The lowest BCUT2D eigenvalue weighted by molar-refractivity contribution is -0.127. The number of anilines is 1. The van der Waals surface area contributed by atoms with E-state index in [0.717, 1.165) is 39.3 Å². The summed E-state index contributed by atoms with van der Waals surface area (Å²) in [6, 6.07) is 11.8. The number of fused-ring (bicyclic) bond motifs is 2. The fourth-order valence-electron chi connectivity index (χ4n) is 3.89.